The van der Waals surface area contributed by atoms with E-state index in [1.54, 1.807) is 0 Å². The van der Waals surface area contributed by atoms with Gasteiger partial charge in [-0.1, -0.05) is 40.5 Å². The average Bonchev–Trinajstić information content (AvgIpc) is 2.61. The van der Waals surface area contributed by atoms with Crippen molar-refractivity contribution in [3.63, 3.8) is 0 Å². The highest BCUT2D eigenvalue weighted by molar-refractivity contribution is 5.84. The zero-order valence-corrected chi connectivity index (χ0v) is 13.7. The van der Waals surface area contributed by atoms with Gasteiger partial charge in [-0.2, -0.15) is 0 Å². The van der Waals surface area contributed by atoms with E-state index in [1.807, 2.05) is 0 Å². The van der Waals surface area contributed by atoms with E-state index >= 15 is 0 Å². The van der Waals surface area contributed by atoms with E-state index in [0.29, 0.717) is 17.2 Å². The van der Waals surface area contributed by atoms with Gasteiger partial charge < -0.3 is 4.90 Å². The van der Waals surface area contributed by atoms with E-state index in [0.717, 1.165) is 25.8 Å². The molecule has 1 aliphatic heterocycles. The van der Waals surface area contributed by atoms with E-state index in [-0.39, 0.29) is 12.2 Å². The van der Waals surface area contributed by atoms with Crippen LogP contribution in [0.3, 0.4) is 0 Å². The number of hydrogen-bond donors (Lipinski definition) is 1. The number of rotatable bonds is 7. The number of carbonyl (C=O) groups is 1. The first kappa shape index (κ1) is 15.8. The van der Waals surface area contributed by atoms with Crippen molar-refractivity contribution >= 4 is 5.91 Å². The van der Waals surface area contributed by atoms with Crippen LogP contribution in [-0.4, -0.2) is 29.6 Å². The summed E-state index contributed by atoms with van der Waals surface area (Å²) < 4.78 is 0. The van der Waals surface area contributed by atoms with Crippen molar-refractivity contribution in [1.29, 1.82) is 0 Å². The van der Waals surface area contributed by atoms with Crippen molar-refractivity contribution in [2.24, 2.45) is 11.3 Å². The largest absolute Gasteiger partial charge is 0.325 e. The second-order valence-corrected chi connectivity index (χ2v) is 7.33. The number of nitrogens with zero attached hydrogens (tertiary/aromatic N) is 1. The molecule has 2 atom stereocenters. The number of carbonyl (C=O) groups excluding carboxylic acids is 1. The van der Waals surface area contributed by atoms with Gasteiger partial charge in [-0.25, -0.2) is 0 Å². The summed E-state index contributed by atoms with van der Waals surface area (Å²) in [5, 5.41) is 3.59. The van der Waals surface area contributed by atoms with Crippen molar-refractivity contribution in [1.82, 2.24) is 10.2 Å². The Labute approximate surface area is 124 Å². The van der Waals surface area contributed by atoms with Gasteiger partial charge in [0.1, 0.15) is 0 Å². The average molecular weight is 280 g/mol. The molecule has 2 rings (SSSR count). The molecule has 0 aromatic heterocycles. The number of nitrogens with one attached hydrogen (secondary N) is 1. The lowest BCUT2D eigenvalue weighted by atomic mass is 9.66. The first-order valence-electron chi connectivity index (χ1n) is 8.58. The van der Waals surface area contributed by atoms with E-state index < -0.39 is 0 Å². The molecule has 0 spiro atoms. The number of amides is 1. The Balaban J connectivity index is 2.05. The fourth-order valence-electron chi connectivity index (χ4n) is 3.75. The van der Waals surface area contributed by atoms with Gasteiger partial charge in [0.15, 0.2) is 0 Å². The molecular weight excluding hydrogens is 248 g/mol. The summed E-state index contributed by atoms with van der Waals surface area (Å²) in [4.78, 5) is 14.9. The summed E-state index contributed by atoms with van der Waals surface area (Å²) >= 11 is 0. The van der Waals surface area contributed by atoms with Gasteiger partial charge in [0, 0.05) is 6.54 Å². The molecule has 2 unspecified atom stereocenters. The summed E-state index contributed by atoms with van der Waals surface area (Å²) in [6.07, 6.45) is 8.63. The Kier molecular flexibility index (Phi) is 5.11. The van der Waals surface area contributed by atoms with E-state index in [2.05, 4.69) is 37.9 Å². The van der Waals surface area contributed by atoms with E-state index in [4.69, 9.17) is 0 Å². The molecular formula is C17H32N2O. The molecule has 0 aromatic carbocycles. The zero-order valence-electron chi connectivity index (χ0n) is 13.7. The zero-order chi connectivity index (χ0) is 14.8. The molecule has 0 bridgehead atoms. The molecule has 1 saturated heterocycles. The van der Waals surface area contributed by atoms with Gasteiger partial charge in [0.2, 0.25) is 5.91 Å². The molecule has 2 fully saturated rings. The Bertz CT molecular complexity index is 330. The molecule has 116 valence electrons. The summed E-state index contributed by atoms with van der Waals surface area (Å²) in [6.45, 7) is 9.87. The van der Waals surface area contributed by atoms with E-state index in [9.17, 15) is 4.79 Å². The third-order valence-corrected chi connectivity index (χ3v) is 5.29. The van der Waals surface area contributed by atoms with Crippen LogP contribution in [0.1, 0.15) is 72.6 Å². The minimum atomic E-state index is 0.0560. The fourth-order valence-corrected chi connectivity index (χ4v) is 3.75. The van der Waals surface area contributed by atoms with Crippen LogP contribution in [-0.2, 0) is 4.79 Å². The van der Waals surface area contributed by atoms with Crippen molar-refractivity contribution < 1.29 is 4.79 Å². The summed E-state index contributed by atoms with van der Waals surface area (Å²) in [6, 6.07) is 0.0560. The second-order valence-electron chi connectivity index (χ2n) is 7.33. The molecule has 1 amide bonds. The van der Waals surface area contributed by atoms with Crippen LogP contribution in [0.15, 0.2) is 0 Å². The molecule has 1 N–H and O–H groups in total. The summed E-state index contributed by atoms with van der Waals surface area (Å²) in [5.41, 5.74) is 0.427. The maximum absolute atomic E-state index is 12.7. The maximum atomic E-state index is 12.7. The summed E-state index contributed by atoms with van der Waals surface area (Å²) in [7, 11) is 0. The minimum Gasteiger partial charge on any atom is -0.325 e. The summed E-state index contributed by atoms with van der Waals surface area (Å²) in [5.74, 6) is 0.930. The van der Waals surface area contributed by atoms with Crippen molar-refractivity contribution in [3.8, 4) is 0 Å². The van der Waals surface area contributed by atoms with Crippen LogP contribution >= 0.6 is 0 Å². The molecule has 1 saturated carbocycles. The van der Waals surface area contributed by atoms with Crippen molar-refractivity contribution in [2.45, 2.75) is 84.8 Å². The van der Waals surface area contributed by atoms with Gasteiger partial charge in [-0.15, -0.1) is 0 Å². The predicted octanol–water partition coefficient (Wildman–Crippen LogP) is 3.54. The standard InChI is InChI=1S/C17H32N2O/c1-5-8-15-18-14(11-13(3)4)16(20)19(15)12-17(6-2)9-7-10-17/h13-15,18H,5-12H2,1-4H3. The lowest BCUT2D eigenvalue weighted by molar-refractivity contribution is -0.133. The lowest BCUT2D eigenvalue weighted by Crippen LogP contribution is -2.47. The third kappa shape index (κ3) is 3.19. The van der Waals surface area contributed by atoms with Crippen LogP contribution in [0.2, 0.25) is 0 Å². The van der Waals surface area contributed by atoms with Gasteiger partial charge in [-0.3, -0.25) is 10.1 Å². The highest BCUT2D eigenvalue weighted by atomic mass is 16.2. The third-order valence-electron chi connectivity index (χ3n) is 5.29. The molecule has 2 aliphatic rings. The van der Waals surface area contributed by atoms with Crippen LogP contribution in [0.25, 0.3) is 0 Å². The molecule has 20 heavy (non-hydrogen) atoms. The van der Waals surface area contributed by atoms with Crippen molar-refractivity contribution in [2.75, 3.05) is 6.54 Å². The highest BCUT2D eigenvalue weighted by Gasteiger charge is 2.44. The highest BCUT2D eigenvalue weighted by Crippen LogP contribution is 2.45. The quantitative estimate of drug-likeness (QED) is 0.773. The second kappa shape index (κ2) is 6.46. The van der Waals surface area contributed by atoms with Crippen LogP contribution < -0.4 is 5.32 Å². The molecule has 0 aromatic rings. The Morgan fingerprint density at radius 3 is 2.50 bits per heavy atom. The first-order valence-corrected chi connectivity index (χ1v) is 8.58. The number of hydrogen-bond acceptors (Lipinski definition) is 2. The van der Waals surface area contributed by atoms with Crippen molar-refractivity contribution in [3.05, 3.63) is 0 Å². The molecule has 0 radical (unpaired) electrons. The Hall–Kier alpha value is -0.570. The van der Waals surface area contributed by atoms with Crippen LogP contribution in [0.5, 0.6) is 0 Å². The predicted molar refractivity (Wildman–Crippen MR) is 83.4 cm³/mol. The first-order chi connectivity index (χ1) is 9.51. The van der Waals surface area contributed by atoms with Gasteiger partial charge in [-0.05, 0) is 43.4 Å². The Morgan fingerprint density at radius 2 is 2.05 bits per heavy atom. The maximum Gasteiger partial charge on any atom is 0.241 e. The molecule has 3 heteroatoms. The topological polar surface area (TPSA) is 32.3 Å². The smallest absolute Gasteiger partial charge is 0.241 e. The fraction of sp³-hybridized carbons (Fsp3) is 0.941. The SMILES string of the molecule is CCCC1NC(CC(C)C)C(=O)N1CC1(CC)CCC1. The molecule has 1 heterocycles. The Morgan fingerprint density at radius 1 is 1.35 bits per heavy atom. The monoisotopic (exact) mass is 280 g/mol. The molecule has 1 aliphatic carbocycles. The van der Waals surface area contributed by atoms with Gasteiger partial charge >= 0.3 is 0 Å². The normalized spacial score (nSPS) is 29.1. The van der Waals surface area contributed by atoms with E-state index in [1.165, 1.54) is 25.7 Å². The minimum absolute atomic E-state index is 0.0560. The van der Waals surface area contributed by atoms with Gasteiger partial charge in [0.05, 0.1) is 12.2 Å². The molecule has 3 nitrogen and oxygen atoms in total. The van der Waals surface area contributed by atoms with Crippen LogP contribution in [0, 0.1) is 11.3 Å². The van der Waals surface area contributed by atoms with Crippen LogP contribution in [0.4, 0.5) is 0 Å². The lowest BCUT2D eigenvalue weighted by Gasteiger charge is -2.45. The van der Waals surface area contributed by atoms with Gasteiger partial charge in [0.25, 0.3) is 0 Å².